The second kappa shape index (κ2) is 9.15. The van der Waals surface area contributed by atoms with Crippen molar-refractivity contribution < 1.29 is 18.7 Å². The zero-order valence-electron chi connectivity index (χ0n) is 16.0. The van der Waals surface area contributed by atoms with Gasteiger partial charge in [0, 0.05) is 36.8 Å². The van der Waals surface area contributed by atoms with Crippen LogP contribution in [0.3, 0.4) is 0 Å². The lowest BCUT2D eigenvalue weighted by Crippen LogP contribution is -2.26. The summed E-state index contributed by atoms with van der Waals surface area (Å²) in [6.07, 6.45) is 3.17. The molecule has 6 heteroatoms. The van der Waals surface area contributed by atoms with Crippen LogP contribution in [0.25, 0.3) is 5.69 Å². The van der Waals surface area contributed by atoms with Crippen LogP contribution in [-0.2, 0) is 9.47 Å². The molecule has 1 saturated heterocycles. The van der Waals surface area contributed by atoms with Crippen molar-refractivity contribution in [3.05, 3.63) is 53.1 Å². The number of carbonyl (C=O) groups is 1. The van der Waals surface area contributed by atoms with Crippen LogP contribution >= 0.6 is 0 Å². The molecule has 1 atom stereocenters. The fraction of sp³-hybridized carbons (Fsp3) is 0.476. The first kappa shape index (κ1) is 19.6. The number of hydrogen-bond donors (Lipinski definition) is 1. The first-order valence-corrected chi connectivity index (χ1v) is 9.48. The van der Waals surface area contributed by atoms with Gasteiger partial charge in [-0.1, -0.05) is 0 Å². The van der Waals surface area contributed by atoms with Crippen LogP contribution in [0.15, 0.2) is 30.3 Å². The Bertz CT molecular complexity index is 764. The molecule has 27 heavy (non-hydrogen) atoms. The van der Waals surface area contributed by atoms with Gasteiger partial charge >= 0.3 is 0 Å². The van der Waals surface area contributed by atoms with Gasteiger partial charge in [0.15, 0.2) is 0 Å². The molecular weight excluding hydrogens is 347 g/mol. The van der Waals surface area contributed by atoms with Crippen molar-refractivity contribution in [2.45, 2.75) is 39.2 Å². The molecule has 1 amide bonds. The number of nitrogens with zero attached hydrogens (tertiary/aromatic N) is 1. The van der Waals surface area contributed by atoms with E-state index < -0.39 is 0 Å². The Morgan fingerprint density at radius 1 is 1.33 bits per heavy atom. The summed E-state index contributed by atoms with van der Waals surface area (Å²) < 4.78 is 26.2. The molecule has 146 valence electrons. The normalized spacial score (nSPS) is 16.6. The standard InChI is InChI=1S/C21H27FN2O3/c1-15-13-20(16(2)24(15)18-8-6-17(22)7-9-18)21(25)23-10-4-11-26-14-19-5-3-12-27-19/h6-9,13,19H,3-5,10-12,14H2,1-2H3,(H,23,25). The third-order valence-corrected chi connectivity index (χ3v) is 4.84. The zero-order valence-corrected chi connectivity index (χ0v) is 16.0. The van der Waals surface area contributed by atoms with Gasteiger partial charge in [-0.2, -0.15) is 0 Å². The van der Waals surface area contributed by atoms with Crippen LogP contribution in [0.4, 0.5) is 4.39 Å². The van der Waals surface area contributed by atoms with Crippen LogP contribution in [0, 0.1) is 19.7 Å². The molecule has 2 aromatic rings. The minimum atomic E-state index is -0.277. The number of aromatic nitrogens is 1. The number of aryl methyl sites for hydroxylation is 1. The van der Waals surface area contributed by atoms with Crippen LogP contribution in [0.2, 0.25) is 0 Å². The molecule has 3 rings (SSSR count). The number of rotatable bonds is 8. The number of amides is 1. The topological polar surface area (TPSA) is 52.5 Å². The Morgan fingerprint density at radius 3 is 2.81 bits per heavy atom. The van der Waals surface area contributed by atoms with Crippen molar-refractivity contribution in [1.82, 2.24) is 9.88 Å². The maximum atomic E-state index is 13.2. The maximum absolute atomic E-state index is 13.2. The molecule has 1 unspecified atom stereocenters. The lowest BCUT2D eigenvalue weighted by atomic mass is 10.2. The van der Waals surface area contributed by atoms with Gasteiger partial charge in [-0.3, -0.25) is 4.79 Å². The van der Waals surface area contributed by atoms with Gasteiger partial charge in [0.25, 0.3) is 5.91 Å². The van der Waals surface area contributed by atoms with Crippen molar-refractivity contribution in [1.29, 1.82) is 0 Å². The molecule has 0 spiro atoms. The maximum Gasteiger partial charge on any atom is 0.253 e. The predicted octanol–water partition coefficient (Wildman–Crippen LogP) is 3.55. The summed E-state index contributed by atoms with van der Waals surface area (Å²) >= 11 is 0. The number of nitrogens with one attached hydrogen (secondary N) is 1. The fourth-order valence-electron chi connectivity index (χ4n) is 3.44. The highest BCUT2D eigenvalue weighted by Crippen LogP contribution is 2.21. The number of ether oxygens (including phenoxy) is 2. The summed E-state index contributed by atoms with van der Waals surface area (Å²) in [7, 11) is 0. The second-order valence-electron chi connectivity index (χ2n) is 6.92. The van der Waals surface area contributed by atoms with Gasteiger partial charge < -0.3 is 19.4 Å². The molecule has 1 aliphatic rings. The third kappa shape index (κ3) is 4.96. The lowest BCUT2D eigenvalue weighted by Gasteiger charge is -2.11. The molecule has 1 aromatic carbocycles. The number of hydrogen-bond acceptors (Lipinski definition) is 3. The van der Waals surface area contributed by atoms with Gasteiger partial charge in [-0.25, -0.2) is 4.39 Å². The highest BCUT2D eigenvalue weighted by atomic mass is 19.1. The Hall–Kier alpha value is -2.18. The van der Waals surface area contributed by atoms with Crippen LogP contribution in [0.1, 0.15) is 41.0 Å². The molecule has 2 heterocycles. The van der Waals surface area contributed by atoms with Crippen molar-refractivity contribution >= 4 is 5.91 Å². The SMILES string of the molecule is Cc1cc(C(=O)NCCCOCC2CCCO2)c(C)n1-c1ccc(F)cc1. The molecule has 0 radical (unpaired) electrons. The molecule has 5 nitrogen and oxygen atoms in total. The van der Waals surface area contributed by atoms with E-state index >= 15 is 0 Å². The Morgan fingerprint density at radius 2 is 2.11 bits per heavy atom. The molecule has 1 fully saturated rings. The van der Waals surface area contributed by atoms with E-state index in [0.29, 0.717) is 25.3 Å². The third-order valence-electron chi connectivity index (χ3n) is 4.84. The highest BCUT2D eigenvalue weighted by Gasteiger charge is 2.17. The first-order chi connectivity index (χ1) is 13.1. The minimum absolute atomic E-state index is 0.101. The smallest absolute Gasteiger partial charge is 0.253 e. The zero-order chi connectivity index (χ0) is 19.2. The summed E-state index contributed by atoms with van der Waals surface area (Å²) in [6.45, 7) is 6.47. The summed E-state index contributed by atoms with van der Waals surface area (Å²) in [5, 5.41) is 2.95. The summed E-state index contributed by atoms with van der Waals surface area (Å²) in [4.78, 5) is 12.5. The summed E-state index contributed by atoms with van der Waals surface area (Å²) in [6, 6.07) is 8.13. The molecule has 1 aliphatic heterocycles. The van der Waals surface area contributed by atoms with E-state index in [4.69, 9.17) is 9.47 Å². The van der Waals surface area contributed by atoms with E-state index in [1.165, 1.54) is 12.1 Å². The average molecular weight is 374 g/mol. The van der Waals surface area contributed by atoms with Gasteiger partial charge in [0.05, 0.1) is 18.3 Å². The molecule has 1 N–H and O–H groups in total. The van der Waals surface area contributed by atoms with E-state index in [1.54, 1.807) is 12.1 Å². The van der Waals surface area contributed by atoms with Crippen molar-refractivity contribution in [3.8, 4) is 5.69 Å². The van der Waals surface area contributed by atoms with Crippen LogP contribution in [-0.4, -0.2) is 42.9 Å². The second-order valence-corrected chi connectivity index (χ2v) is 6.92. The quantitative estimate of drug-likeness (QED) is 0.719. The first-order valence-electron chi connectivity index (χ1n) is 9.48. The van der Waals surface area contributed by atoms with Crippen LogP contribution < -0.4 is 5.32 Å². The van der Waals surface area contributed by atoms with Gasteiger partial charge in [-0.15, -0.1) is 0 Å². The summed E-state index contributed by atoms with van der Waals surface area (Å²) in [5.41, 5.74) is 3.25. The van der Waals surface area contributed by atoms with Gasteiger partial charge in [-0.05, 0) is 63.4 Å². The Kier molecular flexibility index (Phi) is 6.63. The molecule has 0 bridgehead atoms. The summed E-state index contributed by atoms with van der Waals surface area (Å²) in [5.74, 6) is -0.378. The van der Waals surface area contributed by atoms with E-state index in [0.717, 1.165) is 42.9 Å². The fourth-order valence-corrected chi connectivity index (χ4v) is 3.44. The van der Waals surface area contributed by atoms with E-state index in [-0.39, 0.29) is 17.8 Å². The average Bonchev–Trinajstić information content (AvgIpc) is 3.27. The van der Waals surface area contributed by atoms with E-state index in [9.17, 15) is 9.18 Å². The predicted molar refractivity (Wildman–Crippen MR) is 102 cm³/mol. The molecule has 0 aliphatic carbocycles. The number of halogens is 1. The number of benzene rings is 1. The minimum Gasteiger partial charge on any atom is -0.379 e. The lowest BCUT2D eigenvalue weighted by molar-refractivity contribution is 0.0166. The van der Waals surface area contributed by atoms with Crippen LogP contribution in [0.5, 0.6) is 0 Å². The van der Waals surface area contributed by atoms with E-state index in [2.05, 4.69) is 5.32 Å². The highest BCUT2D eigenvalue weighted by molar-refractivity contribution is 5.95. The number of carbonyl (C=O) groups excluding carboxylic acids is 1. The van der Waals surface area contributed by atoms with Crippen molar-refractivity contribution in [2.75, 3.05) is 26.4 Å². The largest absolute Gasteiger partial charge is 0.379 e. The molecular formula is C21H27FN2O3. The monoisotopic (exact) mass is 374 g/mol. The van der Waals surface area contributed by atoms with Crippen molar-refractivity contribution in [2.24, 2.45) is 0 Å². The van der Waals surface area contributed by atoms with Gasteiger partial charge in [0.1, 0.15) is 5.82 Å². The molecule has 1 aromatic heterocycles. The molecule has 0 saturated carbocycles. The van der Waals surface area contributed by atoms with Crippen molar-refractivity contribution in [3.63, 3.8) is 0 Å². The Balaban J connectivity index is 1.49. The Labute approximate surface area is 159 Å². The van der Waals surface area contributed by atoms with Gasteiger partial charge in [0.2, 0.25) is 0 Å². The van der Waals surface area contributed by atoms with E-state index in [1.807, 2.05) is 24.5 Å².